The number of hydrogen-bond donors (Lipinski definition) is 1. The molecule has 1 N–H and O–H groups in total. The fourth-order valence-electron chi connectivity index (χ4n) is 3.54. The van der Waals surface area contributed by atoms with Crippen molar-refractivity contribution in [2.75, 3.05) is 26.3 Å². The smallest absolute Gasteiger partial charge is 0.256 e. The van der Waals surface area contributed by atoms with Gasteiger partial charge in [-0.05, 0) is 37.3 Å². The van der Waals surface area contributed by atoms with Crippen molar-refractivity contribution in [2.24, 2.45) is 0 Å². The largest absolute Gasteiger partial charge is 0.378 e. The molecule has 0 bridgehead atoms. The first-order chi connectivity index (χ1) is 10.3. The molecule has 0 spiro atoms. The van der Waals surface area contributed by atoms with Crippen LogP contribution in [0.25, 0.3) is 10.9 Å². The lowest BCUT2D eigenvalue weighted by molar-refractivity contribution is 0.0304. The summed E-state index contributed by atoms with van der Waals surface area (Å²) in [5.41, 5.74) is 4.59. The third kappa shape index (κ3) is 2.14. The first-order valence-corrected chi connectivity index (χ1v) is 7.84. The maximum absolute atomic E-state index is 12.8. The lowest BCUT2D eigenvalue weighted by Gasteiger charge is -2.27. The Kier molecular flexibility index (Phi) is 3.19. The number of aromatic amines is 1. The van der Waals surface area contributed by atoms with Gasteiger partial charge in [-0.25, -0.2) is 0 Å². The van der Waals surface area contributed by atoms with Gasteiger partial charge in [0.2, 0.25) is 0 Å². The van der Waals surface area contributed by atoms with Crippen LogP contribution in [-0.2, 0) is 17.6 Å². The monoisotopic (exact) mass is 284 g/mol. The fraction of sp³-hybridized carbons (Fsp3) is 0.471. The van der Waals surface area contributed by atoms with Crippen molar-refractivity contribution in [2.45, 2.75) is 25.7 Å². The van der Waals surface area contributed by atoms with Crippen LogP contribution in [0, 0.1) is 0 Å². The van der Waals surface area contributed by atoms with Gasteiger partial charge in [0.05, 0.1) is 24.3 Å². The molecule has 2 aromatic rings. The summed E-state index contributed by atoms with van der Waals surface area (Å²) in [6.07, 6.45) is 4.73. The number of nitrogens with one attached hydrogen (secondary N) is 1. The number of carbonyl (C=O) groups is 1. The highest BCUT2D eigenvalue weighted by molar-refractivity contribution is 6.06. The highest BCUT2D eigenvalue weighted by atomic mass is 16.5. The number of morpholine rings is 1. The molecular formula is C17H20N2O2. The van der Waals surface area contributed by atoms with Crippen LogP contribution in [0.15, 0.2) is 18.2 Å². The molecule has 1 aromatic carbocycles. The Labute approximate surface area is 124 Å². The average Bonchev–Trinajstić information content (AvgIpc) is 2.94. The molecule has 1 amide bonds. The number of H-pyrrole nitrogens is 1. The van der Waals surface area contributed by atoms with Gasteiger partial charge >= 0.3 is 0 Å². The summed E-state index contributed by atoms with van der Waals surface area (Å²) >= 11 is 0. The molecule has 1 aliphatic carbocycles. The molecule has 0 atom stereocenters. The first kappa shape index (κ1) is 12.9. The van der Waals surface area contributed by atoms with Crippen molar-refractivity contribution in [3.8, 4) is 0 Å². The summed E-state index contributed by atoms with van der Waals surface area (Å²) in [4.78, 5) is 18.2. The van der Waals surface area contributed by atoms with E-state index in [-0.39, 0.29) is 5.91 Å². The zero-order valence-electron chi connectivity index (χ0n) is 12.2. The number of aromatic nitrogens is 1. The molecule has 4 nitrogen and oxygen atoms in total. The Balaban J connectivity index is 1.78. The molecule has 0 radical (unpaired) electrons. The minimum absolute atomic E-state index is 0.127. The predicted molar refractivity (Wildman–Crippen MR) is 81.7 cm³/mol. The van der Waals surface area contributed by atoms with Crippen LogP contribution < -0.4 is 0 Å². The van der Waals surface area contributed by atoms with E-state index >= 15 is 0 Å². The quantitative estimate of drug-likeness (QED) is 0.874. The number of fused-ring (bicyclic) bond motifs is 3. The van der Waals surface area contributed by atoms with Crippen LogP contribution in [0.2, 0.25) is 0 Å². The standard InChI is InChI=1S/C17H20N2O2/c20-17(19-8-10-21-11-9-19)14-6-3-5-13-12-4-1-2-7-15(12)18-16(13)14/h3,5-6,18H,1-2,4,7-11H2. The van der Waals surface area contributed by atoms with E-state index in [2.05, 4.69) is 11.1 Å². The second-order valence-corrected chi connectivity index (χ2v) is 5.92. The molecule has 1 aliphatic heterocycles. The topological polar surface area (TPSA) is 45.3 Å². The summed E-state index contributed by atoms with van der Waals surface area (Å²) in [5.74, 6) is 0.127. The molecule has 1 fully saturated rings. The van der Waals surface area contributed by atoms with Crippen molar-refractivity contribution in [3.05, 3.63) is 35.0 Å². The third-order valence-electron chi connectivity index (χ3n) is 4.66. The molecule has 21 heavy (non-hydrogen) atoms. The van der Waals surface area contributed by atoms with Gasteiger partial charge in [0, 0.05) is 24.2 Å². The van der Waals surface area contributed by atoms with Crippen molar-refractivity contribution < 1.29 is 9.53 Å². The Bertz CT molecular complexity index is 683. The maximum Gasteiger partial charge on any atom is 0.256 e. The molecule has 0 unspecified atom stereocenters. The van der Waals surface area contributed by atoms with Crippen LogP contribution in [0.3, 0.4) is 0 Å². The minimum Gasteiger partial charge on any atom is -0.378 e. The van der Waals surface area contributed by atoms with Crippen molar-refractivity contribution >= 4 is 16.8 Å². The zero-order chi connectivity index (χ0) is 14.2. The van der Waals surface area contributed by atoms with Crippen LogP contribution >= 0.6 is 0 Å². The van der Waals surface area contributed by atoms with E-state index in [1.54, 1.807) is 0 Å². The van der Waals surface area contributed by atoms with E-state index < -0.39 is 0 Å². The van der Waals surface area contributed by atoms with Gasteiger partial charge in [-0.15, -0.1) is 0 Å². The summed E-state index contributed by atoms with van der Waals surface area (Å²) in [6.45, 7) is 2.66. The van der Waals surface area contributed by atoms with Gasteiger partial charge in [-0.3, -0.25) is 4.79 Å². The molecular weight excluding hydrogens is 264 g/mol. The van der Waals surface area contributed by atoms with Crippen molar-refractivity contribution in [1.82, 2.24) is 9.88 Å². The zero-order valence-corrected chi connectivity index (χ0v) is 12.2. The third-order valence-corrected chi connectivity index (χ3v) is 4.66. The summed E-state index contributed by atoms with van der Waals surface area (Å²) in [5, 5.41) is 1.24. The molecule has 2 heterocycles. The van der Waals surface area contributed by atoms with E-state index in [9.17, 15) is 4.79 Å². The molecule has 1 aromatic heterocycles. The van der Waals surface area contributed by atoms with Gasteiger partial charge in [0.25, 0.3) is 5.91 Å². The molecule has 0 saturated carbocycles. The van der Waals surface area contributed by atoms with E-state index in [1.807, 2.05) is 17.0 Å². The van der Waals surface area contributed by atoms with E-state index in [0.717, 1.165) is 23.9 Å². The predicted octanol–water partition coefficient (Wildman–Crippen LogP) is 2.52. The molecule has 4 rings (SSSR count). The highest BCUT2D eigenvalue weighted by Crippen LogP contribution is 2.31. The van der Waals surface area contributed by atoms with E-state index in [4.69, 9.17) is 4.74 Å². The highest BCUT2D eigenvalue weighted by Gasteiger charge is 2.23. The lowest BCUT2D eigenvalue weighted by atomic mass is 9.95. The van der Waals surface area contributed by atoms with Gasteiger partial charge in [-0.2, -0.15) is 0 Å². The van der Waals surface area contributed by atoms with Crippen LogP contribution in [0.4, 0.5) is 0 Å². The normalized spacial score (nSPS) is 18.8. The second-order valence-electron chi connectivity index (χ2n) is 5.92. The summed E-state index contributed by atoms with van der Waals surface area (Å²) in [6, 6.07) is 6.10. The molecule has 1 saturated heterocycles. The maximum atomic E-state index is 12.8. The van der Waals surface area contributed by atoms with E-state index in [0.29, 0.717) is 26.3 Å². The van der Waals surface area contributed by atoms with Gasteiger partial charge < -0.3 is 14.6 Å². The molecule has 2 aliphatic rings. The number of benzene rings is 1. The molecule has 4 heteroatoms. The second kappa shape index (κ2) is 5.19. The SMILES string of the molecule is O=C(c1cccc2c3c([nH]c12)CCCC3)N1CCOCC1. The van der Waals surface area contributed by atoms with Crippen LogP contribution in [0.1, 0.15) is 34.5 Å². The Morgan fingerprint density at radius 2 is 1.95 bits per heavy atom. The van der Waals surface area contributed by atoms with E-state index in [1.165, 1.54) is 29.5 Å². The van der Waals surface area contributed by atoms with Crippen molar-refractivity contribution in [1.29, 1.82) is 0 Å². The Morgan fingerprint density at radius 1 is 1.14 bits per heavy atom. The number of hydrogen-bond acceptors (Lipinski definition) is 2. The van der Waals surface area contributed by atoms with Gasteiger partial charge in [0.15, 0.2) is 0 Å². The number of aryl methyl sites for hydroxylation is 2. The number of nitrogens with zero attached hydrogens (tertiary/aromatic N) is 1. The number of rotatable bonds is 1. The van der Waals surface area contributed by atoms with Gasteiger partial charge in [0.1, 0.15) is 0 Å². The fourth-order valence-corrected chi connectivity index (χ4v) is 3.54. The van der Waals surface area contributed by atoms with Crippen LogP contribution in [0.5, 0.6) is 0 Å². The number of ether oxygens (including phenoxy) is 1. The minimum atomic E-state index is 0.127. The Morgan fingerprint density at radius 3 is 2.81 bits per heavy atom. The van der Waals surface area contributed by atoms with Crippen LogP contribution in [-0.4, -0.2) is 42.1 Å². The van der Waals surface area contributed by atoms with Crippen molar-refractivity contribution in [3.63, 3.8) is 0 Å². The number of amides is 1. The Hall–Kier alpha value is -1.81. The lowest BCUT2D eigenvalue weighted by Crippen LogP contribution is -2.40. The first-order valence-electron chi connectivity index (χ1n) is 7.84. The van der Waals surface area contributed by atoms with Gasteiger partial charge in [-0.1, -0.05) is 12.1 Å². The number of para-hydroxylation sites is 1. The summed E-state index contributed by atoms with van der Waals surface area (Å²) in [7, 11) is 0. The number of carbonyl (C=O) groups excluding carboxylic acids is 1. The average molecular weight is 284 g/mol. The molecule has 110 valence electrons. The summed E-state index contributed by atoms with van der Waals surface area (Å²) < 4.78 is 5.34.